The molecule has 0 unspecified atom stereocenters. The number of aromatic nitrogens is 4. The van der Waals surface area contributed by atoms with Crippen LogP contribution >= 0.6 is 0 Å². The molecule has 126 valence electrons. The number of carbonyl (C=O) groups excluding carboxylic acids is 1. The molecule has 1 atom stereocenters. The number of nitrogens with zero attached hydrogens (tertiary/aromatic N) is 4. The number of rotatable bonds is 4. The Bertz CT molecular complexity index is 848. The number of pyridine rings is 1. The molecular formula is C18H18N6O. The van der Waals surface area contributed by atoms with Gasteiger partial charge in [-0.3, -0.25) is 4.79 Å². The molecule has 25 heavy (non-hydrogen) atoms. The minimum atomic E-state index is -0.208. The molecule has 1 fully saturated rings. The van der Waals surface area contributed by atoms with Crippen LogP contribution in [0.15, 0.2) is 54.7 Å². The molecule has 7 nitrogen and oxygen atoms in total. The third-order valence-corrected chi connectivity index (χ3v) is 4.31. The Labute approximate surface area is 145 Å². The molecule has 0 aliphatic carbocycles. The number of hydrogen-bond donors (Lipinski definition) is 2. The highest BCUT2D eigenvalue weighted by Gasteiger charge is 2.27. The second-order valence-corrected chi connectivity index (χ2v) is 5.98. The molecule has 7 heteroatoms. The zero-order valence-electron chi connectivity index (χ0n) is 13.6. The van der Waals surface area contributed by atoms with E-state index >= 15 is 0 Å². The summed E-state index contributed by atoms with van der Waals surface area (Å²) in [5.74, 6) is 0.728. The fraction of sp³-hybridized carbons (Fsp3) is 0.222. The minimum absolute atomic E-state index is 0.0647. The van der Waals surface area contributed by atoms with Crippen molar-refractivity contribution >= 4 is 11.7 Å². The zero-order valence-corrected chi connectivity index (χ0v) is 13.6. The summed E-state index contributed by atoms with van der Waals surface area (Å²) in [5.41, 5.74) is 1.75. The third kappa shape index (κ3) is 3.21. The predicted octanol–water partition coefficient (Wildman–Crippen LogP) is 1.88. The van der Waals surface area contributed by atoms with Crippen LogP contribution in [0.5, 0.6) is 0 Å². The van der Waals surface area contributed by atoms with Gasteiger partial charge in [-0.15, -0.1) is 0 Å². The monoisotopic (exact) mass is 334 g/mol. The van der Waals surface area contributed by atoms with Gasteiger partial charge in [0, 0.05) is 30.9 Å². The van der Waals surface area contributed by atoms with E-state index in [4.69, 9.17) is 0 Å². The van der Waals surface area contributed by atoms with Gasteiger partial charge in [0.1, 0.15) is 11.5 Å². The maximum absolute atomic E-state index is 12.6. The molecule has 0 bridgehead atoms. The maximum atomic E-state index is 12.6. The van der Waals surface area contributed by atoms with Crippen molar-refractivity contribution in [2.45, 2.75) is 12.5 Å². The molecule has 4 rings (SSSR count). The van der Waals surface area contributed by atoms with Crippen molar-refractivity contribution in [3.63, 3.8) is 0 Å². The summed E-state index contributed by atoms with van der Waals surface area (Å²) < 4.78 is 0. The lowest BCUT2D eigenvalue weighted by Crippen LogP contribution is -2.37. The van der Waals surface area contributed by atoms with E-state index in [1.807, 2.05) is 48.5 Å². The van der Waals surface area contributed by atoms with E-state index in [1.165, 1.54) is 0 Å². The number of H-pyrrole nitrogens is 1. The van der Waals surface area contributed by atoms with Crippen molar-refractivity contribution in [3.8, 4) is 11.3 Å². The van der Waals surface area contributed by atoms with Crippen molar-refractivity contribution in [1.82, 2.24) is 25.7 Å². The molecule has 1 saturated heterocycles. The first-order valence-electron chi connectivity index (χ1n) is 8.24. The van der Waals surface area contributed by atoms with E-state index in [2.05, 4.69) is 30.6 Å². The van der Waals surface area contributed by atoms with Crippen LogP contribution in [0.3, 0.4) is 0 Å². The Morgan fingerprint density at radius 1 is 1.12 bits per heavy atom. The summed E-state index contributed by atoms with van der Waals surface area (Å²) in [7, 11) is 0. The van der Waals surface area contributed by atoms with E-state index < -0.39 is 0 Å². The van der Waals surface area contributed by atoms with Crippen LogP contribution in [0.2, 0.25) is 0 Å². The largest absolute Gasteiger partial charge is 0.354 e. The summed E-state index contributed by atoms with van der Waals surface area (Å²) >= 11 is 0. The molecular weight excluding hydrogens is 316 g/mol. The van der Waals surface area contributed by atoms with Crippen LogP contribution in [-0.4, -0.2) is 45.4 Å². The van der Waals surface area contributed by atoms with Gasteiger partial charge in [-0.2, -0.15) is 15.4 Å². The van der Waals surface area contributed by atoms with Gasteiger partial charge < -0.3 is 10.2 Å². The molecule has 0 saturated carbocycles. The highest BCUT2D eigenvalue weighted by Crippen LogP contribution is 2.20. The average Bonchev–Trinajstić information content (AvgIpc) is 3.33. The number of carbonyl (C=O) groups is 1. The number of nitrogens with one attached hydrogen (secondary N) is 2. The van der Waals surface area contributed by atoms with Crippen molar-refractivity contribution in [3.05, 3.63) is 60.4 Å². The van der Waals surface area contributed by atoms with Crippen LogP contribution in [0.1, 0.15) is 16.9 Å². The normalized spacial score (nSPS) is 16.8. The number of hydrogen-bond acceptors (Lipinski definition) is 5. The van der Waals surface area contributed by atoms with Gasteiger partial charge in [0.25, 0.3) is 5.91 Å². The van der Waals surface area contributed by atoms with Crippen LogP contribution in [0.25, 0.3) is 11.3 Å². The standard InChI is InChI=1S/C18H18N6O/c25-18(17-16(21-23-22-17)13-6-2-1-3-7-13)20-14-9-11-24(12-14)15-8-4-5-10-19-15/h1-8,10,14H,9,11-12H2,(H,20,25)(H,21,22,23)/t14-/m0/s1. The van der Waals surface area contributed by atoms with Crippen molar-refractivity contribution in [2.75, 3.05) is 18.0 Å². The zero-order chi connectivity index (χ0) is 17.1. The number of benzene rings is 1. The van der Waals surface area contributed by atoms with Crippen LogP contribution in [-0.2, 0) is 0 Å². The third-order valence-electron chi connectivity index (χ3n) is 4.31. The molecule has 3 aromatic rings. The SMILES string of the molecule is O=C(N[C@H]1CCN(c2ccccn2)C1)c1n[nH]nc1-c1ccccc1. The van der Waals surface area contributed by atoms with Gasteiger partial charge in [-0.25, -0.2) is 4.98 Å². The summed E-state index contributed by atoms with van der Waals surface area (Å²) in [6.45, 7) is 1.60. The van der Waals surface area contributed by atoms with Crippen molar-refractivity contribution in [1.29, 1.82) is 0 Å². The molecule has 1 aliphatic heterocycles. The Balaban J connectivity index is 1.45. The van der Waals surface area contributed by atoms with E-state index in [-0.39, 0.29) is 11.9 Å². The number of aromatic amines is 1. The lowest BCUT2D eigenvalue weighted by Gasteiger charge is -2.17. The molecule has 2 N–H and O–H groups in total. The fourth-order valence-corrected chi connectivity index (χ4v) is 3.07. The molecule has 1 aliphatic rings. The van der Waals surface area contributed by atoms with Gasteiger partial charge in [0.15, 0.2) is 5.69 Å². The Kier molecular flexibility index (Phi) is 4.12. The highest BCUT2D eigenvalue weighted by molar-refractivity contribution is 5.98. The van der Waals surface area contributed by atoms with Gasteiger partial charge in [-0.1, -0.05) is 36.4 Å². The van der Waals surface area contributed by atoms with Gasteiger partial charge in [0.2, 0.25) is 0 Å². The van der Waals surface area contributed by atoms with E-state index in [9.17, 15) is 4.79 Å². The smallest absolute Gasteiger partial charge is 0.274 e. The van der Waals surface area contributed by atoms with Gasteiger partial charge >= 0.3 is 0 Å². The van der Waals surface area contributed by atoms with Crippen molar-refractivity contribution in [2.24, 2.45) is 0 Å². The lowest BCUT2D eigenvalue weighted by molar-refractivity contribution is 0.0936. The first kappa shape index (κ1) is 15.3. The summed E-state index contributed by atoms with van der Waals surface area (Å²) in [4.78, 5) is 19.2. The molecule has 1 aromatic carbocycles. The second kappa shape index (κ2) is 6.72. The summed E-state index contributed by atoms with van der Waals surface area (Å²) in [6, 6.07) is 15.5. The minimum Gasteiger partial charge on any atom is -0.354 e. The Hall–Kier alpha value is -3.22. The summed E-state index contributed by atoms with van der Waals surface area (Å²) in [6.07, 6.45) is 2.66. The van der Waals surface area contributed by atoms with E-state index in [1.54, 1.807) is 6.20 Å². The van der Waals surface area contributed by atoms with Crippen LogP contribution in [0, 0.1) is 0 Å². The highest BCUT2D eigenvalue weighted by atomic mass is 16.2. The Morgan fingerprint density at radius 3 is 2.76 bits per heavy atom. The Morgan fingerprint density at radius 2 is 1.96 bits per heavy atom. The first-order chi connectivity index (χ1) is 12.3. The molecule has 0 radical (unpaired) electrons. The molecule has 2 aromatic heterocycles. The van der Waals surface area contributed by atoms with Crippen molar-refractivity contribution < 1.29 is 4.79 Å². The topological polar surface area (TPSA) is 86.8 Å². The average molecular weight is 334 g/mol. The van der Waals surface area contributed by atoms with Gasteiger partial charge in [-0.05, 0) is 18.6 Å². The van der Waals surface area contributed by atoms with E-state index in [0.717, 1.165) is 30.9 Å². The van der Waals surface area contributed by atoms with Crippen LogP contribution < -0.4 is 10.2 Å². The van der Waals surface area contributed by atoms with Gasteiger partial charge in [0.05, 0.1) is 0 Å². The molecule has 3 heterocycles. The molecule has 0 spiro atoms. The van der Waals surface area contributed by atoms with Crippen LogP contribution in [0.4, 0.5) is 5.82 Å². The van der Waals surface area contributed by atoms with E-state index in [0.29, 0.717) is 11.4 Å². The number of amides is 1. The second-order valence-electron chi connectivity index (χ2n) is 5.98. The number of anilines is 1. The predicted molar refractivity (Wildman–Crippen MR) is 94.1 cm³/mol. The maximum Gasteiger partial charge on any atom is 0.274 e. The first-order valence-corrected chi connectivity index (χ1v) is 8.24. The molecule has 1 amide bonds. The lowest BCUT2D eigenvalue weighted by atomic mass is 10.1. The quantitative estimate of drug-likeness (QED) is 0.761. The summed E-state index contributed by atoms with van der Waals surface area (Å²) in [5, 5.41) is 13.8. The fourth-order valence-electron chi connectivity index (χ4n) is 3.07.